The van der Waals surface area contributed by atoms with E-state index in [4.69, 9.17) is 16.0 Å². The molecule has 0 atom stereocenters. The average molecular weight is 230 g/mol. The summed E-state index contributed by atoms with van der Waals surface area (Å²) in [6.07, 6.45) is 5.99. The zero-order valence-electron chi connectivity index (χ0n) is 8.71. The first kappa shape index (κ1) is 10.7. The third-order valence-corrected chi connectivity index (χ3v) is 3.02. The second-order valence-corrected chi connectivity index (χ2v) is 4.33. The third-order valence-electron chi connectivity index (χ3n) is 2.83. The number of alkyl halides is 1. The van der Waals surface area contributed by atoms with Gasteiger partial charge in [-0.2, -0.15) is 0 Å². The van der Waals surface area contributed by atoms with Crippen molar-refractivity contribution >= 4 is 17.6 Å². The van der Waals surface area contributed by atoms with Crippen LogP contribution in [-0.4, -0.2) is 22.6 Å². The molecule has 1 aromatic rings. The molecule has 0 bridgehead atoms. The Bertz CT molecular complexity index is 299. The summed E-state index contributed by atoms with van der Waals surface area (Å²) in [5.41, 5.74) is 0. The van der Waals surface area contributed by atoms with E-state index in [0.29, 0.717) is 24.2 Å². The summed E-state index contributed by atoms with van der Waals surface area (Å²) in [4.78, 5) is 0. The molecule has 0 amide bonds. The maximum atomic E-state index is 5.57. The maximum Gasteiger partial charge on any atom is 0.315 e. The predicted molar refractivity (Wildman–Crippen MR) is 59.2 cm³/mol. The van der Waals surface area contributed by atoms with Gasteiger partial charge >= 0.3 is 6.01 Å². The van der Waals surface area contributed by atoms with E-state index >= 15 is 0 Å². The van der Waals surface area contributed by atoms with Crippen LogP contribution in [0.5, 0.6) is 0 Å². The van der Waals surface area contributed by atoms with E-state index < -0.39 is 0 Å². The number of aromatic nitrogens is 2. The molecule has 84 valence electrons. The number of halogens is 1. The Labute approximate surface area is 94.4 Å². The summed E-state index contributed by atoms with van der Waals surface area (Å²) in [5.74, 6) is 2.03. The van der Waals surface area contributed by atoms with E-state index in [-0.39, 0.29) is 0 Å². The highest BCUT2D eigenvalue weighted by Gasteiger charge is 2.16. The van der Waals surface area contributed by atoms with Crippen molar-refractivity contribution in [3.63, 3.8) is 0 Å². The summed E-state index contributed by atoms with van der Waals surface area (Å²) in [6, 6.07) is 0.523. The van der Waals surface area contributed by atoms with Gasteiger partial charge in [0.05, 0.1) is 0 Å². The smallest absolute Gasteiger partial charge is 0.315 e. The first-order valence-corrected chi connectivity index (χ1v) is 6.04. The molecule has 1 N–H and O–H groups in total. The van der Waals surface area contributed by atoms with Crippen molar-refractivity contribution in [1.29, 1.82) is 0 Å². The quantitative estimate of drug-likeness (QED) is 0.762. The van der Waals surface area contributed by atoms with Crippen molar-refractivity contribution in [2.75, 3.05) is 17.7 Å². The molecule has 1 aliphatic carbocycles. The molecule has 1 heterocycles. The van der Waals surface area contributed by atoms with Crippen LogP contribution in [0.4, 0.5) is 6.01 Å². The lowest BCUT2D eigenvalue weighted by atomic mass is 9.83. The van der Waals surface area contributed by atoms with Gasteiger partial charge in [-0.1, -0.05) is 24.4 Å². The largest absolute Gasteiger partial charge is 0.408 e. The van der Waals surface area contributed by atoms with Gasteiger partial charge in [0.15, 0.2) is 0 Å². The molecule has 2 rings (SSSR count). The second-order valence-electron chi connectivity index (χ2n) is 3.95. The molecule has 0 unspecified atom stereocenters. The summed E-state index contributed by atoms with van der Waals surface area (Å²) in [7, 11) is 0. The normalized spacial score (nSPS) is 16.3. The fourth-order valence-electron chi connectivity index (χ4n) is 1.67. The van der Waals surface area contributed by atoms with Gasteiger partial charge in [0.2, 0.25) is 5.89 Å². The third kappa shape index (κ3) is 3.09. The summed E-state index contributed by atoms with van der Waals surface area (Å²) >= 11 is 5.57. The Morgan fingerprint density at radius 2 is 2.27 bits per heavy atom. The number of hydrogen-bond acceptors (Lipinski definition) is 4. The molecule has 4 nitrogen and oxygen atoms in total. The molecular weight excluding hydrogens is 214 g/mol. The zero-order valence-corrected chi connectivity index (χ0v) is 9.46. The molecule has 15 heavy (non-hydrogen) atoms. The highest BCUT2D eigenvalue weighted by Crippen LogP contribution is 2.29. The molecule has 0 aromatic carbocycles. The van der Waals surface area contributed by atoms with Gasteiger partial charge in [0.25, 0.3) is 0 Å². The highest BCUT2D eigenvalue weighted by molar-refractivity contribution is 6.17. The number of nitrogens with one attached hydrogen (secondary N) is 1. The molecule has 5 heteroatoms. The predicted octanol–water partition coefficient (Wildman–Crippen LogP) is 2.45. The van der Waals surface area contributed by atoms with E-state index in [1.165, 1.54) is 25.7 Å². The minimum Gasteiger partial charge on any atom is -0.408 e. The van der Waals surface area contributed by atoms with Gasteiger partial charge in [-0.25, -0.2) is 0 Å². The maximum absolute atomic E-state index is 5.57. The van der Waals surface area contributed by atoms with Gasteiger partial charge < -0.3 is 9.73 Å². The molecule has 1 saturated carbocycles. The van der Waals surface area contributed by atoms with Gasteiger partial charge in [0.1, 0.15) is 0 Å². The molecule has 0 aliphatic heterocycles. The minimum atomic E-state index is 0.518. The van der Waals surface area contributed by atoms with E-state index in [0.717, 1.165) is 12.5 Å². The second kappa shape index (κ2) is 5.35. The molecule has 1 aliphatic rings. The lowest BCUT2D eigenvalue weighted by Gasteiger charge is -2.24. The van der Waals surface area contributed by atoms with E-state index in [1.54, 1.807) is 0 Å². The molecule has 1 fully saturated rings. The Morgan fingerprint density at radius 3 is 2.93 bits per heavy atom. The number of rotatable bonds is 6. The van der Waals surface area contributed by atoms with Crippen molar-refractivity contribution < 1.29 is 4.42 Å². The van der Waals surface area contributed by atoms with Crippen LogP contribution in [0.2, 0.25) is 0 Å². The van der Waals surface area contributed by atoms with E-state index in [9.17, 15) is 0 Å². The van der Waals surface area contributed by atoms with E-state index in [2.05, 4.69) is 15.5 Å². The van der Waals surface area contributed by atoms with Crippen molar-refractivity contribution in [3.8, 4) is 0 Å². The Morgan fingerprint density at radius 1 is 1.40 bits per heavy atom. The van der Waals surface area contributed by atoms with Crippen molar-refractivity contribution in [1.82, 2.24) is 10.2 Å². The number of aryl methyl sites for hydroxylation is 1. The van der Waals surface area contributed by atoms with Crippen molar-refractivity contribution in [3.05, 3.63) is 5.89 Å². The summed E-state index contributed by atoms with van der Waals surface area (Å²) < 4.78 is 5.34. The van der Waals surface area contributed by atoms with Gasteiger partial charge in [-0.15, -0.1) is 16.7 Å². The number of anilines is 1. The lowest BCUT2D eigenvalue weighted by molar-refractivity contribution is 0.302. The van der Waals surface area contributed by atoms with Crippen LogP contribution in [0.15, 0.2) is 4.42 Å². The lowest BCUT2D eigenvalue weighted by Crippen LogP contribution is -2.15. The standard InChI is InChI=1S/C10H16ClN3O/c11-6-4-9-13-14-10(15-9)12-7-5-8-2-1-3-8/h8H,1-7H2,(H,12,14). The van der Waals surface area contributed by atoms with Gasteiger partial charge in [-0.05, 0) is 12.3 Å². The summed E-state index contributed by atoms with van der Waals surface area (Å²) in [6.45, 7) is 0.924. The van der Waals surface area contributed by atoms with E-state index in [1.807, 2.05) is 0 Å². The minimum absolute atomic E-state index is 0.518. The van der Waals surface area contributed by atoms with Crippen LogP contribution in [0.3, 0.4) is 0 Å². The van der Waals surface area contributed by atoms with Crippen molar-refractivity contribution in [2.24, 2.45) is 5.92 Å². The number of hydrogen-bond donors (Lipinski definition) is 1. The topological polar surface area (TPSA) is 51.0 Å². The molecule has 0 spiro atoms. The fraction of sp³-hybridized carbons (Fsp3) is 0.800. The monoisotopic (exact) mass is 229 g/mol. The Balaban J connectivity index is 1.67. The highest BCUT2D eigenvalue weighted by atomic mass is 35.5. The van der Waals surface area contributed by atoms with Crippen LogP contribution in [0.1, 0.15) is 31.6 Å². The number of nitrogens with zero attached hydrogens (tertiary/aromatic N) is 2. The Kier molecular flexibility index (Phi) is 3.83. The molecule has 0 saturated heterocycles. The van der Waals surface area contributed by atoms with Crippen molar-refractivity contribution in [2.45, 2.75) is 32.1 Å². The molecular formula is C10H16ClN3O. The SMILES string of the molecule is ClCCc1nnc(NCCC2CCC2)o1. The van der Waals surface area contributed by atoms with Gasteiger partial charge in [-0.3, -0.25) is 0 Å². The fourth-order valence-corrected chi connectivity index (χ4v) is 1.83. The summed E-state index contributed by atoms with van der Waals surface area (Å²) in [5, 5.41) is 10.9. The first-order chi connectivity index (χ1) is 7.38. The first-order valence-electron chi connectivity index (χ1n) is 5.50. The van der Waals surface area contributed by atoms with Crippen LogP contribution >= 0.6 is 11.6 Å². The van der Waals surface area contributed by atoms with Crippen LogP contribution < -0.4 is 5.32 Å². The van der Waals surface area contributed by atoms with Crippen LogP contribution in [0.25, 0.3) is 0 Å². The molecule has 0 radical (unpaired) electrons. The average Bonchev–Trinajstić information content (AvgIpc) is 2.58. The molecule has 1 aromatic heterocycles. The van der Waals surface area contributed by atoms with Crippen LogP contribution in [0, 0.1) is 5.92 Å². The van der Waals surface area contributed by atoms with Crippen LogP contribution in [-0.2, 0) is 6.42 Å². The Hall–Kier alpha value is -0.770. The zero-order chi connectivity index (χ0) is 10.5. The van der Waals surface area contributed by atoms with Gasteiger partial charge in [0, 0.05) is 18.8 Å².